The lowest BCUT2D eigenvalue weighted by atomic mass is 10.1. The summed E-state index contributed by atoms with van der Waals surface area (Å²) in [7, 11) is 0. The minimum Gasteiger partial charge on any atom is -0.463 e. The maximum Gasteiger partial charge on any atom is 0.305 e. The van der Waals surface area contributed by atoms with E-state index >= 15 is 0 Å². The molecule has 138 valence electrons. The molecule has 0 aliphatic carbocycles. The Morgan fingerprint density at radius 3 is 2.04 bits per heavy atom. The Morgan fingerprint density at radius 1 is 0.826 bits per heavy atom. The van der Waals surface area contributed by atoms with Crippen LogP contribution in [0.15, 0.2) is 0 Å². The van der Waals surface area contributed by atoms with Crippen molar-refractivity contribution < 1.29 is 23.7 Å². The van der Waals surface area contributed by atoms with Gasteiger partial charge in [0.15, 0.2) is 0 Å². The molecule has 0 spiro atoms. The number of rotatable bonds is 17. The summed E-state index contributed by atoms with van der Waals surface area (Å²) >= 11 is 0. The van der Waals surface area contributed by atoms with Crippen LogP contribution in [0.3, 0.4) is 0 Å². The molecule has 0 saturated heterocycles. The topological polar surface area (TPSA) is 54.0 Å². The van der Waals surface area contributed by atoms with Crippen LogP contribution in [0.5, 0.6) is 0 Å². The highest BCUT2D eigenvalue weighted by Gasteiger charge is 2.02. The number of carbonyl (C=O) groups is 1. The van der Waals surface area contributed by atoms with Crippen molar-refractivity contribution in [1.82, 2.24) is 0 Å². The van der Waals surface area contributed by atoms with E-state index in [1.807, 2.05) is 0 Å². The fourth-order valence-corrected chi connectivity index (χ4v) is 1.82. The lowest BCUT2D eigenvalue weighted by Gasteiger charge is -2.10. The van der Waals surface area contributed by atoms with Crippen LogP contribution < -0.4 is 0 Å². The van der Waals surface area contributed by atoms with Gasteiger partial charge in [0, 0.05) is 13.0 Å². The Kier molecular flexibility index (Phi) is 17.2. The second-order valence-electron chi connectivity index (χ2n) is 5.84. The second kappa shape index (κ2) is 17.7. The molecule has 0 rings (SSSR count). The lowest BCUT2D eigenvalue weighted by Crippen LogP contribution is -2.14. The quantitative estimate of drug-likeness (QED) is 0.301. The standard InChI is InChI=1S/C18H36O5/c1-4-6-7-8-9-18(19)23-15-14-21-11-10-20-12-13-22-16-17(3)5-2/h17H,4-16H2,1-3H3. The third-order valence-corrected chi connectivity index (χ3v) is 3.57. The highest BCUT2D eigenvalue weighted by Crippen LogP contribution is 2.03. The van der Waals surface area contributed by atoms with Gasteiger partial charge in [0.1, 0.15) is 6.61 Å². The first kappa shape index (κ1) is 22.4. The van der Waals surface area contributed by atoms with Crippen LogP contribution in [0.1, 0.15) is 59.3 Å². The molecule has 0 bridgehead atoms. The third kappa shape index (κ3) is 17.5. The van der Waals surface area contributed by atoms with E-state index in [0.29, 0.717) is 52.0 Å². The smallest absolute Gasteiger partial charge is 0.305 e. The first-order valence-corrected chi connectivity index (χ1v) is 9.09. The summed E-state index contributed by atoms with van der Waals surface area (Å²) in [6, 6.07) is 0. The molecule has 5 heteroatoms. The molecule has 23 heavy (non-hydrogen) atoms. The number of hydrogen-bond donors (Lipinski definition) is 0. The van der Waals surface area contributed by atoms with E-state index in [1.165, 1.54) is 12.8 Å². The zero-order valence-electron chi connectivity index (χ0n) is 15.3. The average molecular weight is 332 g/mol. The Bertz CT molecular complexity index is 258. The van der Waals surface area contributed by atoms with Crippen LogP contribution in [0.2, 0.25) is 0 Å². The number of hydrogen-bond acceptors (Lipinski definition) is 5. The molecule has 0 aromatic heterocycles. The van der Waals surface area contributed by atoms with Crippen molar-refractivity contribution in [2.45, 2.75) is 59.3 Å². The van der Waals surface area contributed by atoms with Gasteiger partial charge in [-0.3, -0.25) is 4.79 Å². The first-order chi connectivity index (χ1) is 11.2. The summed E-state index contributed by atoms with van der Waals surface area (Å²) in [6.45, 7) is 10.3. The molecule has 0 fully saturated rings. The van der Waals surface area contributed by atoms with E-state index in [9.17, 15) is 4.79 Å². The van der Waals surface area contributed by atoms with E-state index in [2.05, 4.69) is 20.8 Å². The van der Waals surface area contributed by atoms with Gasteiger partial charge in [-0.2, -0.15) is 0 Å². The van der Waals surface area contributed by atoms with Crippen molar-refractivity contribution in [3.63, 3.8) is 0 Å². The molecular formula is C18H36O5. The van der Waals surface area contributed by atoms with Crippen molar-refractivity contribution in [3.05, 3.63) is 0 Å². The van der Waals surface area contributed by atoms with Crippen LogP contribution in [0, 0.1) is 5.92 Å². The van der Waals surface area contributed by atoms with Gasteiger partial charge in [0.2, 0.25) is 0 Å². The van der Waals surface area contributed by atoms with Gasteiger partial charge >= 0.3 is 5.97 Å². The molecule has 0 heterocycles. The van der Waals surface area contributed by atoms with Crippen molar-refractivity contribution in [2.75, 3.05) is 46.2 Å². The number of carbonyl (C=O) groups excluding carboxylic acids is 1. The normalized spacial score (nSPS) is 12.3. The number of ether oxygens (including phenoxy) is 4. The average Bonchev–Trinajstić information content (AvgIpc) is 2.56. The van der Waals surface area contributed by atoms with Gasteiger partial charge < -0.3 is 18.9 Å². The molecule has 1 atom stereocenters. The van der Waals surface area contributed by atoms with Gasteiger partial charge in [-0.25, -0.2) is 0 Å². The summed E-state index contributed by atoms with van der Waals surface area (Å²) in [4.78, 5) is 11.4. The zero-order valence-corrected chi connectivity index (χ0v) is 15.3. The van der Waals surface area contributed by atoms with Gasteiger partial charge in [0.05, 0.1) is 33.0 Å². The molecule has 0 aromatic rings. The maximum atomic E-state index is 11.4. The number of unbranched alkanes of at least 4 members (excludes halogenated alkanes) is 3. The minimum atomic E-state index is -0.126. The van der Waals surface area contributed by atoms with Gasteiger partial charge in [-0.05, 0) is 12.3 Å². The molecule has 0 aromatic carbocycles. The van der Waals surface area contributed by atoms with Gasteiger partial charge in [0.25, 0.3) is 0 Å². The molecular weight excluding hydrogens is 296 g/mol. The molecule has 5 nitrogen and oxygen atoms in total. The number of esters is 1. The summed E-state index contributed by atoms with van der Waals surface area (Å²) in [5.41, 5.74) is 0. The monoisotopic (exact) mass is 332 g/mol. The molecule has 0 N–H and O–H groups in total. The van der Waals surface area contributed by atoms with E-state index in [4.69, 9.17) is 18.9 Å². The van der Waals surface area contributed by atoms with E-state index in [1.54, 1.807) is 0 Å². The predicted molar refractivity (Wildman–Crippen MR) is 91.6 cm³/mol. The molecule has 0 radical (unpaired) electrons. The largest absolute Gasteiger partial charge is 0.463 e. The van der Waals surface area contributed by atoms with Gasteiger partial charge in [-0.1, -0.05) is 46.5 Å². The van der Waals surface area contributed by atoms with Crippen molar-refractivity contribution in [1.29, 1.82) is 0 Å². The van der Waals surface area contributed by atoms with E-state index in [0.717, 1.165) is 25.9 Å². The lowest BCUT2D eigenvalue weighted by molar-refractivity contribution is -0.145. The van der Waals surface area contributed by atoms with Crippen LogP contribution in [-0.4, -0.2) is 52.2 Å². The van der Waals surface area contributed by atoms with E-state index in [-0.39, 0.29) is 5.97 Å². The molecule has 0 amide bonds. The SMILES string of the molecule is CCCCCCC(=O)OCCOCCOCCOCC(C)CC. The Labute approximate surface area is 142 Å². The van der Waals surface area contributed by atoms with Crippen LogP contribution in [0.25, 0.3) is 0 Å². The summed E-state index contributed by atoms with van der Waals surface area (Å²) in [5, 5.41) is 0. The fourth-order valence-electron chi connectivity index (χ4n) is 1.82. The van der Waals surface area contributed by atoms with Crippen LogP contribution in [-0.2, 0) is 23.7 Å². The summed E-state index contributed by atoms with van der Waals surface area (Å²) in [6.07, 6.45) is 6.02. The highest BCUT2D eigenvalue weighted by molar-refractivity contribution is 5.69. The molecule has 0 aliphatic rings. The summed E-state index contributed by atoms with van der Waals surface area (Å²) in [5.74, 6) is 0.479. The Balaban J connectivity index is 3.14. The molecule has 0 aliphatic heterocycles. The maximum absolute atomic E-state index is 11.4. The second-order valence-corrected chi connectivity index (χ2v) is 5.84. The molecule has 0 saturated carbocycles. The van der Waals surface area contributed by atoms with Gasteiger partial charge in [-0.15, -0.1) is 0 Å². The first-order valence-electron chi connectivity index (χ1n) is 9.09. The Hall–Kier alpha value is -0.650. The zero-order chi connectivity index (χ0) is 17.2. The molecule has 1 unspecified atom stereocenters. The van der Waals surface area contributed by atoms with Crippen LogP contribution >= 0.6 is 0 Å². The summed E-state index contributed by atoms with van der Waals surface area (Å²) < 4.78 is 21.3. The van der Waals surface area contributed by atoms with Crippen molar-refractivity contribution >= 4 is 5.97 Å². The predicted octanol–water partition coefficient (Wildman–Crippen LogP) is 3.60. The Morgan fingerprint density at radius 2 is 1.43 bits per heavy atom. The highest BCUT2D eigenvalue weighted by atomic mass is 16.6. The minimum absolute atomic E-state index is 0.126. The third-order valence-electron chi connectivity index (χ3n) is 3.57. The fraction of sp³-hybridized carbons (Fsp3) is 0.944. The van der Waals surface area contributed by atoms with Crippen LogP contribution in [0.4, 0.5) is 0 Å². The van der Waals surface area contributed by atoms with Crippen molar-refractivity contribution in [3.8, 4) is 0 Å². The van der Waals surface area contributed by atoms with E-state index < -0.39 is 0 Å². The van der Waals surface area contributed by atoms with Crippen molar-refractivity contribution in [2.24, 2.45) is 5.92 Å².